The van der Waals surface area contributed by atoms with E-state index in [1.54, 1.807) is 6.07 Å². The van der Waals surface area contributed by atoms with Gasteiger partial charge >= 0.3 is 5.97 Å². The number of carboxylic acid groups (broad SMARTS) is 1. The van der Waals surface area contributed by atoms with Gasteiger partial charge in [0.15, 0.2) is 0 Å². The Hall–Kier alpha value is -2.20. The fourth-order valence-corrected chi connectivity index (χ4v) is 2.21. The Morgan fingerprint density at radius 3 is 2.33 bits per heavy atom. The molecule has 2 aromatic rings. The molecule has 0 saturated carbocycles. The fourth-order valence-electron chi connectivity index (χ4n) is 2.21. The highest BCUT2D eigenvalue weighted by Gasteiger charge is 2.12. The van der Waals surface area contributed by atoms with Crippen LogP contribution in [-0.2, 0) is 13.1 Å². The lowest BCUT2D eigenvalue weighted by Crippen LogP contribution is -2.22. The molecule has 0 spiro atoms. The third-order valence-corrected chi connectivity index (χ3v) is 3.37. The molecule has 0 heterocycles. The van der Waals surface area contributed by atoms with Gasteiger partial charge in [0.2, 0.25) is 0 Å². The first-order chi connectivity index (χ1) is 10.1. The highest BCUT2D eigenvalue weighted by Crippen LogP contribution is 2.14. The second-order valence-corrected chi connectivity index (χ2v) is 4.91. The lowest BCUT2D eigenvalue weighted by Gasteiger charge is -2.20. The summed E-state index contributed by atoms with van der Waals surface area (Å²) in [6.45, 7) is 4.24. The number of nitrogens with zero attached hydrogens (tertiary/aromatic N) is 1. The van der Waals surface area contributed by atoms with E-state index in [0.717, 1.165) is 18.7 Å². The van der Waals surface area contributed by atoms with Crippen LogP contribution in [0.15, 0.2) is 48.5 Å². The number of hydrogen-bond donors (Lipinski definition) is 1. The molecule has 0 atom stereocenters. The largest absolute Gasteiger partial charge is 0.478 e. The molecule has 1 N–H and O–H groups in total. The van der Waals surface area contributed by atoms with Gasteiger partial charge in [-0.2, -0.15) is 0 Å². The topological polar surface area (TPSA) is 40.5 Å². The molecule has 0 aromatic heterocycles. The van der Waals surface area contributed by atoms with Crippen LogP contribution in [0.1, 0.15) is 28.4 Å². The SMILES string of the molecule is CCN(Cc1ccccc1)Cc1ccc(C(=O)O)c(F)c1. The van der Waals surface area contributed by atoms with Gasteiger partial charge in [-0.25, -0.2) is 9.18 Å². The summed E-state index contributed by atoms with van der Waals surface area (Å²) in [6.07, 6.45) is 0. The summed E-state index contributed by atoms with van der Waals surface area (Å²) in [6, 6.07) is 14.4. The van der Waals surface area contributed by atoms with Crippen molar-refractivity contribution in [3.63, 3.8) is 0 Å². The van der Waals surface area contributed by atoms with Crippen LogP contribution in [0.4, 0.5) is 4.39 Å². The third kappa shape index (κ3) is 4.13. The summed E-state index contributed by atoms with van der Waals surface area (Å²) in [5.41, 5.74) is 1.68. The Balaban J connectivity index is 2.08. The number of aromatic carboxylic acids is 1. The zero-order valence-corrected chi connectivity index (χ0v) is 11.9. The van der Waals surface area contributed by atoms with Crippen molar-refractivity contribution >= 4 is 5.97 Å². The van der Waals surface area contributed by atoms with Gasteiger partial charge in [0, 0.05) is 13.1 Å². The van der Waals surface area contributed by atoms with Crippen molar-refractivity contribution in [1.29, 1.82) is 0 Å². The maximum Gasteiger partial charge on any atom is 0.338 e. The first-order valence-corrected chi connectivity index (χ1v) is 6.88. The number of carboxylic acids is 1. The summed E-state index contributed by atoms with van der Waals surface area (Å²) < 4.78 is 13.7. The summed E-state index contributed by atoms with van der Waals surface area (Å²) in [4.78, 5) is 13.0. The lowest BCUT2D eigenvalue weighted by molar-refractivity contribution is 0.0692. The van der Waals surface area contributed by atoms with E-state index in [9.17, 15) is 9.18 Å². The molecule has 2 rings (SSSR count). The molecule has 3 nitrogen and oxygen atoms in total. The van der Waals surface area contributed by atoms with Crippen LogP contribution in [0.2, 0.25) is 0 Å². The Bertz CT molecular complexity index is 613. The Labute approximate surface area is 123 Å². The second kappa shape index (κ2) is 6.99. The van der Waals surface area contributed by atoms with Gasteiger partial charge in [-0.15, -0.1) is 0 Å². The van der Waals surface area contributed by atoms with E-state index in [0.29, 0.717) is 6.54 Å². The molecule has 0 saturated heterocycles. The van der Waals surface area contributed by atoms with Crippen LogP contribution in [0.3, 0.4) is 0 Å². The van der Waals surface area contributed by atoms with Gasteiger partial charge in [-0.05, 0) is 29.8 Å². The molecule has 2 aromatic carbocycles. The molecule has 0 aliphatic carbocycles. The number of carbonyl (C=O) groups is 1. The fraction of sp³-hybridized carbons (Fsp3) is 0.235. The lowest BCUT2D eigenvalue weighted by atomic mass is 10.1. The van der Waals surface area contributed by atoms with E-state index in [4.69, 9.17) is 5.11 Å². The molecule has 0 amide bonds. The van der Waals surface area contributed by atoms with Crippen LogP contribution in [0, 0.1) is 5.82 Å². The molecule has 4 heteroatoms. The number of rotatable bonds is 6. The van der Waals surface area contributed by atoms with Crippen LogP contribution in [-0.4, -0.2) is 22.5 Å². The number of halogens is 1. The first-order valence-electron chi connectivity index (χ1n) is 6.88. The average molecular weight is 287 g/mol. The number of hydrogen-bond acceptors (Lipinski definition) is 2. The van der Waals surface area contributed by atoms with Gasteiger partial charge in [0.05, 0.1) is 5.56 Å². The van der Waals surface area contributed by atoms with E-state index < -0.39 is 11.8 Å². The van der Waals surface area contributed by atoms with Crippen LogP contribution in [0.5, 0.6) is 0 Å². The highest BCUT2D eigenvalue weighted by atomic mass is 19.1. The predicted molar refractivity (Wildman–Crippen MR) is 79.6 cm³/mol. The Morgan fingerprint density at radius 1 is 1.10 bits per heavy atom. The van der Waals surface area contributed by atoms with E-state index in [1.807, 2.05) is 25.1 Å². The maximum atomic E-state index is 13.7. The molecule has 0 bridgehead atoms. The van der Waals surface area contributed by atoms with Crippen molar-refractivity contribution in [2.24, 2.45) is 0 Å². The van der Waals surface area contributed by atoms with E-state index in [1.165, 1.54) is 17.7 Å². The van der Waals surface area contributed by atoms with Crippen molar-refractivity contribution in [2.75, 3.05) is 6.54 Å². The van der Waals surface area contributed by atoms with Gasteiger partial charge < -0.3 is 5.11 Å². The van der Waals surface area contributed by atoms with E-state index >= 15 is 0 Å². The standard InChI is InChI=1S/C17H18FNO2/c1-2-19(11-13-6-4-3-5-7-13)12-14-8-9-15(17(20)21)16(18)10-14/h3-10H,2,11-12H2,1H3,(H,20,21). The third-order valence-electron chi connectivity index (χ3n) is 3.37. The van der Waals surface area contributed by atoms with Crippen LogP contribution < -0.4 is 0 Å². The van der Waals surface area contributed by atoms with Crippen molar-refractivity contribution < 1.29 is 14.3 Å². The van der Waals surface area contributed by atoms with E-state index in [-0.39, 0.29) is 5.56 Å². The molecule has 0 aliphatic rings. The van der Waals surface area contributed by atoms with Crippen molar-refractivity contribution in [2.45, 2.75) is 20.0 Å². The minimum Gasteiger partial charge on any atom is -0.478 e. The molecule has 0 fully saturated rings. The van der Waals surface area contributed by atoms with Gasteiger partial charge in [-0.3, -0.25) is 4.90 Å². The van der Waals surface area contributed by atoms with Crippen molar-refractivity contribution in [3.8, 4) is 0 Å². The summed E-state index contributed by atoms with van der Waals surface area (Å²) in [7, 11) is 0. The van der Waals surface area contributed by atoms with Crippen LogP contribution >= 0.6 is 0 Å². The minimum absolute atomic E-state index is 0.287. The molecular formula is C17H18FNO2. The first kappa shape index (κ1) is 15.2. The summed E-state index contributed by atoms with van der Waals surface area (Å²) in [5.74, 6) is -1.92. The molecule has 0 unspecified atom stereocenters. The zero-order chi connectivity index (χ0) is 15.2. The molecule has 110 valence electrons. The molecular weight excluding hydrogens is 269 g/mol. The smallest absolute Gasteiger partial charge is 0.338 e. The monoisotopic (exact) mass is 287 g/mol. The van der Waals surface area contributed by atoms with Gasteiger partial charge in [-0.1, -0.05) is 43.3 Å². The second-order valence-electron chi connectivity index (χ2n) is 4.91. The Kier molecular flexibility index (Phi) is 5.06. The maximum absolute atomic E-state index is 13.7. The predicted octanol–water partition coefficient (Wildman–Crippen LogP) is 3.55. The normalized spacial score (nSPS) is 10.8. The zero-order valence-electron chi connectivity index (χ0n) is 11.9. The van der Waals surface area contributed by atoms with Crippen LogP contribution in [0.25, 0.3) is 0 Å². The average Bonchev–Trinajstić information content (AvgIpc) is 2.47. The van der Waals surface area contributed by atoms with Crippen molar-refractivity contribution in [1.82, 2.24) is 4.90 Å². The summed E-state index contributed by atoms with van der Waals surface area (Å²) in [5, 5.41) is 8.83. The summed E-state index contributed by atoms with van der Waals surface area (Å²) >= 11 is 0. The van der Waals surface area contributed by atoms with Crippen molar-refractivity contribution in [3.05, 3.63) is 71.0 Å². The molecule has 21 heavy (non-hydrogen) atoms. The Morgan fingerprint density at radius 2 is 1.76 bits per heavy atom. The van der Waals surface area contributed by atoms with Gasteiger partial charge in [0.1, 0.15) is 5.82 Å². The number of benzene rings is 2. The molecule has 0 radical (unpaired) electrons. The minimum atomic E-state index is -1.24. The van der Waals surface area contributed by atoms with E-state index in [2.05, 4.69) is 17.0 Å². The highest BCUT2D eigenvalue weighted by molar-refractivity contribution is 5.87. The van der Waals surface area contributed by atoms with Gasteiger partial charge in [0.25, 0.3) is 0 Å². The molecule has 0 aliphatic heterocycles. The quantitative estimate of drug-likeness (QED) is 0.883.